The highest BCUT2D eigenvalue weighted by Gasteiger charge is 2.04. The van der Waals surface area contributed by atoms with Crippen molar-refractivity contribution in [3.63, 3.8) is 0 Å². The second kappa shape index (κ2) is 5.86. The Kier molecular flexibility index (Phi) is 4.42. The van der Waals surface area contributed by atoms with Gasteiger partial charge in [0.15, 0.2) is 11.6 Å². The Morgan fingerprint density at radius 2 is 1.60 bits per heavy atom. The number of nitrogens with zero attached hydrogens (tertiary/aromatic N) is 6. The van der Waals surface area contributed by atoms with Gasteiger partial charge in [-0.15, -0.1) is 0 Å². The van der Waals surface area contributed by atoms with Crippen LogP contribution in [0.4, 0.5) is 0 Å². The Morgan fingerprint density at radius 3 is 2.07 bits per heavy atom. The number of hydrogen-bond acceptors (Lipinski definition) is 6. The molecule has 1 heterocycles. The minimum absolute atomic E-state index is 0.199. The molecule has 0 aromatic carbocycles. The summed E-state index contributed by atoms with van der Waals surface area (Å²) in [6, 6.07) is 0. The quantitative estimate of drug-likeness (QED) is 0.392. The Morgan fingerprint density at radius 1 is 1.07 bits per heavy atom. The topological polar surface area (TPSA) is 128 Å². The molecule has 0 aliphatic carbocycles. The second-order valence-electron chi connectivity index (χ2n) is 2.60. The van der Waals surface area contributed by atoms with E-state index in [-0.39, 0.29) is 31.4 Å². The van der Waals surface area contributed by atoms with Crippen LogP contribution in [0.3, 0.4) is 0 Å². The maximum absolute atomic E-state index is 8.84. The van der Waals surface area contributed by atoms with Crippen LogP contribution in [0, 0.1) is 0 Å². The van der Waals surface area contributed by atoms with E-state index >= 15 is 0 Å². The fourth-order valence-electron chi connectivity index (χ4n) is 0.970. The number of aliphatic hydroxyl groups is 2. The fraction of sp³-hybridized carbons (Fsp3) is 0.571. The molecule has 80 valence electrons. The third-order valence-electron chi connectivity index (χ3n) is 1.56. The van der Waals surface area contributed by atoms with Crippen molar-refractivity contribution in [3.05, 3.63) is 27.9 Å². The van der Waals surface area contributed by atoms with Gasteiger partial charge in [0.25, 0.3) is 0 Å². The molecule has 0 amide bonds. The summed E-state index contributed by atoms with van der Waals surface area (Å²) in [4.78, 5) is 14.2. The van der Waals surface area contributed by atoms with Crippen LogP contribution in [0.25, 0.3) is 10.4 Å². The van der Waals surface area contributed by atoms with Crippen molar-refractivity contribution in [2.45, 2.75) is 19.6 Å². The number of rotatable bonds is 5. The summed E-state index contributed by atoms with van der Waals surface area (Å²) in [6.45, 7) is -0.398. The lowest BCUT2D eigenvalue weighted by Crippen LogP contribution is -2.08. The van der Waals surface area contributed by atoms with Gasteiger partial charge in [-0.2, -0.15) is 0 Å². The first kappa shape index (κ1) is 11.3. The molecule has 1 aromatic rings. The van der Waals surface area contributed by atoms with Gasteiger partial charge < -0.3 is 10.2 Å². The lowest BCUT2D eigenvalue weighted by Gasteiger charge is -2.02. The monoisotopic (exact) mass is 210 g/mol. The molecule has 8 nitrogen and oxygen atoms in total. The summed E-state index contributed by atoms with van der Waals surface area (Å²) < 4.78 is 0. The van der Waals surface area contributed by atoms with E-state index < -0.39 is 0 Å². The largest absolute Gasteiger partial charge is 0.388 e. The fourth-order valence-corrected chi connectivity index (χ4v) is 0.970. The maximum atomic E-state index is 8.84. The van der Waals surface area contributed by atoms with Crippen LogP contribution in [0.2, 0.25) is 0 Å². The van der Waals surface area contributed by atoms with E-state index in [1.807, 2.05) is 0 Å². The Labute approximate surface area is 85.3 Å². The van der Waals surface area contributed by atoms with Crippen molar-refractivity contribution in [1.29, 1.82) is 0 Å². The molecule has 15 heavy (non-hydrogen) atoms. The first-order valence-electron chi connectivity index (χ1n) is 4.25. The van der Waals surface area contributed by atoms with Gasteiger partial charge >= 0.3 is 0 Å². The van der Waals surface area contributed by atoms with Crippen LogP contribution < -0.4 is 0 Å². The summed E-state index contributed by atoms with van der Waals surface area (Å²) in [5.74, 6) is 0.792. The molecule has 0 unspecified atom stereocenters. The SMILES string of the molecule is [N-]=[N+]=NCCc1nc(CO)nc(CO)n1. The molecule has 0 aliphatic rings. The van der Waals surface area contributed by atoms with Crippen LogP contribution in [0.1, 0.15) is 17.5 Å². The molecule has 0 saturated carbocycles. The third kappa shape index (κ3) is 3.47. The molecule has 0 fully saturated rings. The van der Waals surface area contributed by atoms with E-state index in [9.17, 15) is 0 Å². The van der Waals surface area contributed by atoms with Crippen LogP contribution >= 0.6 is 0 Å². The Hall–Kier alpha value is -1.76. The predicted octanol–water partition coefficient (Wildman–Crippen LogP) is -0.291. The van der Waals surface area contributed by atoms with Crippen molar-refractivity contribution in [1.82, 2.24) is 15.0 Å². The van der Waals surface area contributed by atoms with Gasteiger partial charge in [-0.1, -0.05) is 5.11 Å². The standard InChI is InChI=1S/C7H10N6O2/c8-13-9-2-1-5-10-6(3-14)12-7(4-15)11-5/h14-15H,1-4H2. The minimum Gasteiger partial charge on any atom is -0.388 e. The summed E-state index contributed by atoms with van der Waals surface area (Å²) in [5.41, 5.74) is 8.07. The predicted molar refractivity (Wildman–Crippen MR) is 49.4 cm³/mol. The van der Waals surface area contributed by atoms with E-state index in [0.29, 0.717) is 12.2 Å². The van der Waals surface area contributed by atoms with Crippen molar-refractivity contribution < 1.29 is 10.2 Å². The molecular weight excluding hydrogens is 200 g/mol. The molecule has 1 aromatic heterocycles. The molecule has 8 heteroatoms. The zero-order chi connectivity index (χ0) is 11.1. The van der Waals surface area contributed by atoms with Gasteiger partial charge in [-0.05, 0) is 5.53 Å². The Bertz CT molecular complexity index is 353. The summed E-state index contributed by atoms with van der Waals surface area (Å²) in [7, 11) is 0. The van der Waals surface area contributed by atoms with Gasteiger partial charge in [-0.25, -0.2) is 15.0 Å². The van der Waals surface area contributed by atoms with E-state index in [0.717, 1.165) is 0 Å². The van der Waals surface area contributed by atoms with Crippen molar-refractivity contribution in [2.75, 3.05) is 6.54 Å². The highest BCUT2D eigenvalue weighted by molar-refractivity contribution is 4.96. The molecule has 0 radical (unpaired) electrons. The maximum Gasteiger partial charge on any atom is 0.158 e. The number of aliphatic hydroxyl groups excluding tert-OH is 2. The zero-order valence-electron chi connectivity index (χ0n) is 7.91. The molecule has 0 bridgehead atoms. The average Bonchev–Trinajstić information content (AvgIpc) is 2.29. The second-order valence-corrected chi connectivity index (χ2v) is 2.60. The molecule has 0 aliphatic heterocycles. The van der Waals surface area contributed by atoms with Gasteiger partial charge in [0.1, 0.15) is 19.0 Å². The van der Waals surface area contributed by atoms with E-state index in [1.165, 1.54) is 0 Å². The van der Waals surface area contributed by atoms with E-state index in [4.69, 9.17) is 15.7 Å². The van der Waals surface area contributed by atoms with Crippen LogP contribution in [-0.4, -0.2) is 31.7 Å². The van der Waals surface area contributed by atoms with E-state index in [1.54, 1.807) is 0 Å². The van der Waals surface area contributed by atoms with Crippen LogP contribution in [0.5, 0.6) is 0 Å². The first-order valence-corrected chi connectivity index (χ1v) is 4.25. The Balaban J connectivity index is 2.81. The molecule has 0 spiro atoms. The number of aromatic nitrogens is 3. The van der Waals surface area contributed by atoms with E-state index in [2.05, 4.69) is 25.0 Å². The highest BCUT2D eigenvalue weighted by Crippen LogP contribution is 1.98. The summed E-state index contributed by atoms with van der Waals surface area (Å²) in [6.07, 6.45) is 0.354. The number of azide groups is 1. The number of hydrogen-bond donors (Lipinski definition) is 2. The zero-order valence-corrected chi connectivity index (χ0v) is 7.91. The summed E-state index contributed by atoms with van der Waals surface area (Å²) >= 11 is 0. The molecular formula is C7H10N6O2. The van der Waals surface area contributed by atoms with Gasteiger partial charge in [0.2, 0.25) is 0 Å². The normalized spacial score (nSPS) is 9.73. The van der Waals surface area contributed by atoms with Gasteiger partial charge in [-0.3, -0.25) is 0 Å². The lowest BCUT2D eigenvalue weighted by molar-refractivity contribution is 0.256. The van der Waals surface area contributed by atoms with Crippen molar-refractivity contribution >= 4 is 0 Å². The molecule has 0 saturated heterocycles. The van der Waals surface area contributed by atoms with Crippen molar-refractivity contribution in [3.8, 4) is 0 Å². The molecule has 0 atom stereocenters. The first-order chi connectivity index (χ1) is 7.30. The average molecular weight is 210 g/mol. The van der Waals surface area contributed by atoms with Crippen LogP contribution in [-0.2, 0) is 19.6 Å². The molecule has 1 rings (SSSR count). The smallest absolute Gasteiger partial charge is 0.158 e. The van der Waals surface area contributed by atoms with Crippen molar-refractivity contribution in [2.24, 2.45) is 5.11 Å². The third-order valence-corrected chi connectivity index (χ3v) is 1.56. The lowest BCUT2D eigenvalue weighted by atomic mass is 10.4. The van der Waals surface area contributed by atoms with Gasteiger partial charge in [0, 0.05) is 17.9 Å². The van der Waals surface area contributed by atoms with Crippen LogP contribution in [0.15, 0.2) is 5.11 Å². The highest BCUT2D eigenvalue weighted by atomic mass is 16.3. The van der Waals surface area contributed by atoms with Gasteiger partial charge in [0.05, 0.1) is 0 Å². The minimum atomic E-state index is -0.315. The molecule has 2 N–H and O–H groups in total. The summed E-state index contributed by atoms with van der Waals surface area (Å²) in [5, 5.41) is 21.0.